The van der Waals surface area contributed by atoms with Gasteiger partial charge < -0.3 is 14.4 Å². The van der Waals surface area contributed by atoms with Crippen molar-refractivity contribution in [3.05, 3.63) is 88.3 Å². The lowest BCUT2D eigenvalue weighted by molar-refractivity contribution is -0.113. The van der Waals surface area contributed by atoms with Gasteiger partial charge >= 0.3 is 0 Å². The first-order valence-electron chi connectivity index (χ1n) is 12.4. The lowest BCUT2D eigenvalue weighted by atomic mass is 10.2. The standard InChI is InChI=1S/C29H28ClN3O3S2/c1-31-13-15-32(16-14-31)17-18-35-26-4-2-3-23(20-26)33-28(34)27(38-29(33)37)19-21-5-9-24(10-6-21)36-25-11-7-22(30)8-12-25/h2-12,19-20H,13-18H2,1H3. The van der Waals surface area contributed by atoms with Crippen molar-refractivity contribution in [3.63, 3.8) is 0 Å². The summed E-state index contributed by atoms with van der Waals surface area (Å²) in [4.78, 5) is 20.2. The third kappa shape index (κ3) is 6.76. The maximum absolute atomic E-state index is 13.3. The summed E-state index contributed by atoms with van der Waals surface area (Å²) in [5.74, 6) is 1.98. The number of hydrogen-bond acceptors (Lipinski definition) is 7. The number of carbonyl (C=O) groups is 1. The molecule has 2 aliphatic heterocycles. The molecule has 0 radical (unpaired) electrons. The summed E-state index contributed by atoms with van der Waals surface area (Å²) < 4.78 is 12.4. The van der Waals surface area contributed by atoms with Gasteiger partial charge in [-0.05, 0) is 67.2 Å². The SMILES string of the molecule is CN1CCN(CCOc2cccc(N3C(=O)C(=Cc4ccc(Oc5ccc(Cl)cc5)cc4)SC3=S)c2)CC1. The number of halogens is 1. The minimum absolute atomic E-state index is 0.143. The summed E-state index contributed by atoms with van der Waals surface area (Å²) in [6, 6.07) is 22.3. The van der Waals surface area contributed by atoms with Crippen molar-refractivity contribution in [2.45, 2.75) is 0 Å². The van der Waals surface area contributed by atoms with Gasteiger partial charge in [0.1, 0.15) is 23.9 Å². The highest BCUT2D eigenvalue weighted by molar-refractivity contribution is 8.27. The van der Waals surface area contributed by atoms with Gasteiger partial charge in [-0.3, -0.25) is 14.6 Å². The number of hydrogen-bond donors (Lipinski definition) is 0. The Morgan fingerprint density at radius 1 is 0.947 bits per heavy atom. The predicted molar refractivity (Wildman–Crippen MR) is 159 cm³/mol. The number of anilines is 1. The van der Waals surface area contributed by atoms with Gasteiger partial charge in [0, 0.05) is 43.8 Å². The van der Waals surface area contributed by atoms with Crippen molar-refractivity contribution in [3.8, 4) is 17.2 Å². The molecule has 0 spiro atoms. The largest absolute Gasteiger partial charge is 0.492 e. The molecule has 0 atom stereocenters. The van der Waals surface area contributed by atoms with Crippen molar-refractivity contribution in [1.29, 1.82) is 0 Å². The van der Waals surface area contributed by atoms with Crippen LogP contribution in [0.15, 0.2) is 77.7 Å². The number of thioether (sulfide) groups is 1. The monoisotopic (exact) mass is 565 g/mol. The fraction of sp³-hybridized carbons (Fsp3) is 0.241. The van der Waals surface area contributed by atoms with Crippen molar-refractivity contribution in [1.82, 2.24) is 9.80 Å². The molecular formula is C29H28ClN3O3S2. The summed E-state index contributed by atoms with van der Waals surface area (Å²) in [6.45, 7) is 5.76. The van der Waals surface area contributed by atoms with Gasteiger partial charge in [-0.1, -0.05) is 53.8 Å². The van der Waals surface area contributed by atoms with Crippen LogP contribution in [0.1, 0.15) is 5.56 Å². The first-order chi connectivity index (χ1) is 18.4. The van der Waals surface area contributed by atoms with Crippen LogP contribution in [0.3, 0.4) is 0 Å². The normalized spacial score (nSPS) is 17.8. The number of nitrogens with zero attached hydrogens (tertiary/aromatic N) is 3. The average Bonchev–Trinajstić information content (AvgIpc) is 3.20. The summed E-state index contributed by atoms with van der Waals surface area (Å²) in [6.07, 6.45) is 1.85. The maximum atomic E-state index is 13.3. The number of benzene rings is 3. The van der Waals surface area contributed by atoms with E-state index in [1.54, 1.807) is 17.0 Å². The molecule has 196 valence electrons. The van der Waals surface area contributed by atoms with E-state index < -0.39 is 0 Å². The predicted octanol–water partition coefficient (Wildman–Crippen LogP) is 6.16. The van der Waals surface area contributed by atoms with Gasteiger partial charge in [0.05, 0.1) is 10.6 Å². The summed E-state index contributed by atoms with van der Waals surface area (Å²) >= 11 is 12.8. The molecule has 2 saturated heterocycles. The fourth-order valence-corrected chi connectivity index (χ4v) is 5.61. The van der Waals surface area contributed by atoms with Crippen LogP contribution in [-0.2, 0) is 4.79 Å². The third-order valence-corrected chi connectivity index (χ3v) is 7.92. The van der Waals surface area contributed by atoms with Gasteiger partial charge in [-0.25, -0.2) is 0 Å². The number of amides is 1. The van der Waals surface area contributed by atoms with Gasteiger partial charge in [0.25, 0.3) is 5.91 Å². The highest BCUT2D eigenvalue weighted by Crippen LogP contribution is 2.37. The van der Waals surface area contributed by atoms with Gasteiger partial charge in [0.15, 0.2) is 4.32 Å². The van der Waals surface area contributed by atoms with E-state index in [-0.39, 0.29) is 5.91 Å². The Hall–Kier alpha value is -2.88. The zero-order chi connectivity index (χ0) is 26.5. The number of carbonyl (C=O) groups excluding carboxylic acids is 1. The number of ether oxygens (including phenoxy) is 2. The Morgan fingerprint density at radius 2 is 1.63 bits per heavy atom. The number of rotatable bonds is 8. The highest BCUT2D eigenvalue weighted by atomic mass is 35.5. The molecule has 0 bridgehead atoms. The minimum Gasteiger partial charge on any atom is -0.492 e. The molecule has 9 heteroatoms. The molecular weight excluding hydrogens is 538 g/mol. The lowest BCUT2D eigenvalue weighted by Crippen LogP contribution is -2.45. The average molecular weight is 566 g/mol. The smallest absolute Gasteiger partial charge is 0.270 e. The molecule has 0 aromatic heterocycles. The number of likely N-dealkylation sites (N-methyl/N-ethyl adjacent to an activating group) is 1. The highest BCUT2D eigenvalue weighted by Gasteiger charge is 2.33. The van der Waals surface area contributed by atoms with Crippen molar-refractivity contribution >= 4 is 57.6 Å². The molecule has 2 heterocycles. The van der Waals surface area contributed by atoms with Crippen molar-refractivity contribution < 1.29 is 14.3 Å². The van der Waals surface area contributed by atoms with Crippen LogP contribution >= 0.6 is 35.6 Å². The second kappa shape index (κ2) is 12.3. The van der Waals surface area contributed by atoms with Gasteiger partial charge in [0.2, 0.25) is 0 Å². The quantitative estimate of drug-likeness (QED) is 0.239. The van der Waals surface area contributed by atoms with E-state index in [1.807, 2.05) is 66.7 Å². The molecule has 0 N–H and O–H groups in total. The summed E-state index contributed by atoms with van der Waals surface area (Å²) in [5.41, 5.74) is 1.59. The Kier molecular flexibility index (Phi) is 8.66. The van der Waals surface area contributed by atoms with Crippen molar-refractivity contribution in [2.24, 2.45) is 0 Å². The molecule has 5 rings (SSSR count). The minimum atomic E-state index is -0.143. The summed E-state index contributed by atoms with van der Waals surface area (Å²) in [7, 11) is 2.15. The molecule has 0 unspecified atom stereocenters. The molecule has 0 aliphatic carbocycles. The molecule has 2 aliphatic rings. The second-order valence-corrected chi connectivity index (χ2v) is 11.2. The van der Waals surface area contributed by atoms with E-state index in [2.05, 4.69) is 16.8 Å². The zero-order valence-electron chi connectivity index (χ0n) is 21.0. The molecule has 3 aromatic carbocycles. The van der Waals surface area contributed by atoms with E-state index >= 15 is 0 Å². The third-order valence-electron chi connectivity index (χ3n) is 6.37. The summed E-state index contributed by atoms with van der Waals surface area (Å²) in [5, 5.41) is 0.658. The van der Waals surface area contributed by atoms with Crippen LogP contribution in [0, 0.1) is 0 Å². The van der Waals surface area contributed by atoms with E-state index in [4.69, 9.17) is 33.3 Å². The molecule has 3 aromatic rings. The lowest BCUT2D eigenvalue weighted by Gasteiger charge is -2.32. The molecule has 0 saturated carbocycles. The Morgan fingerprint density at radius 3 is 2.34 bits per heavy atom. The first-order valence-corrected chi connectivity index (χ1v) is 14.0. The van der Waals surface area contributed by atoms with E-state index in [0.29, 0.717) is 38.0 Å². The zero-order valence-corrected chi connectivity index (χ0v) is 23.4. The Balaban J connectivity index is 1.20. The molecule has 1 amide bonds. The van der Waals surface area contributed by atoms with Gasteiger partial charge in [-0.15, -0.1) is 0 Å². The Bertz CT molecular complexity index is 1320. The fourth-order valence-electron chi connectivity index (χ4n) is 4.19. The van der Waals surface area contributed by atoms with Crippen LogP contribution < -0.4 is 14.4 Å². The Labute approximate surface area is 237 Å². The number of piperazine rings is 1. The van der Waals surface area contributed by atoms with Crippen molar-refractivity contribution in [2.75, 3.05) is 51.3 Å². The maximum Gasteiger partial charge on any atom is 0.270 e. The van der Waals surface area contributed by atoms with Crippen LogP contribution in [-0.4, -0.2) is 66.4 Å². The van der Waals surface area contributed by atoms with Gasteiger partial charge in [-0.2, -0.15) is 0 Å². The van der Waals surface area contributed by atoms with Crippen LogP contribution in [0.4, 0.5) is 5.69 Å². The molecule has 6 nitrogen and oxygen atoms in total. The first kappa shape index (κ1) is 26.7. The number of thiocarbonyl (C=S) groups is 1. The molecule has 2 fully saturated rings. The van der Waals surface area contributed by atoms with E-state index in [0.717, 1.165) is 44.0 Å². The van der Waals surface area contributed by atoms with Crippen LogP contribution in [0.5, 0.6) is 17.2 Å². The van der Waals surface area contributed by atoms with Crippen LogP contribution in [0.2, 0.25) is 5.02 Å². The van der Waals surface area contributed by atoms with E-state index in [9.17, 15) is 4.79 Å². The van der Waals surface area contributed by atoms with Crippen LogP contribution in [0.25, 0.3) is 6.08 Å². The second-order valence-electron chi connectivity index (χ2n) is 9.13. The van der Waals surface area contributed by atoms with E-state index in [1.165, 1.54) is 11.8 Å². The molecule has 38 heavy (non-hydrogen) atoms. The topological polar surface area (TPSA) is 45.2 Å².